The van der Waals surface area contributed by atoms with Gasteiger partial charge in [0, 0.05) is 37.8 Å². The van der Waals surface area contributed by atoms with Crippen LogP contribution in [0.2, 0.25) is 0 Å². The van der Waals surface area contributed by atoms with E-state index in [-0.39, 0.29) is 17.4 Å². The summed E-state index contributed by atoms with van der Waals surface area (Å²) in [5.41, 5.74) is 3.10. The fourth-order valence-electron chi connectivity index (χ4n) is 4.38. The van der Waals surface area contributed by atoms with Gasteiger partial charge in [0.05, 0.1) is 0 Å². The van der Waals surface area contributed by atoms with Gasteiger partial charge in [-0.25, -0.2) is 4.79 Å². The van der Waals surface area contributed by atoms with Gasteiger partial charge < -0.3 is 15.1 Å². The van der Waals surface area contributed by atoms with Crippen LogP contribution in [0.4, 0.5) is 10.5 Å². The van der Waals surface area contributed by atoms with Crippen molar-refractivity contribution in [3.05, 3.63) is 29.3 Å². The summed E-state index contributed by atoms with van der Waals surface area (Å²) in [5, 5.41) is 3.15. The maximum atomic E-state index is 12.9. The Morgan fingerprint density at radius 1 is 0.964 bits per heavy atom. The Kier molecular flexibility index (Phi) is 6.31. The van der Waals surface area contributed by atoms with Crippen molar-refractivity contribution in [2.24, 2.45) is 5.92 Å². The smallest absolute Gasteiger partial charge is 0.321 e. The van der Waals surface area contributed by atoms with E-state index in [2.05, 4.69) is 32.2 Å². The van der Waals surface area contributed by atoms with Crippen molar-refractivity contribution in [3.8, 4) is 0 Å². The van der Waals surface area contributed by atoms with E-state index >= 15 is 0 Å². The van der Waals surface area contributed by atoms with E-state index in [4.69, 9.17) is 0 Å². The third kappa shape index (κ3) is 4.68. The lowest BCUT2D eigenvalue weighted by atomic mass is 9.84. The van der Waals surface area contributed by atoms with Gasteiger partial charge in [-0.3, -0.25) is 4.79 Å². The van der Waals surface area contributed by atoms with Gasteiger partial charge in [0.15, 0.2) is 0 Å². The first-order chi connectivity index (χ1) is 13.3. The molecule has 2 fully saturated rings. The Bertz CT molecular complexity index is 709. The predicted molar refractivity (Wildman–Crippen MR) is 114 cm³/mol. The minimum absolute atomic E-state index is 0.0419. The molecule has 1 aliphatic heterocycles. The highest BCUT2D eigenvalue weighted by Gasteiger charge is 2.30. The van der Waals surface area contributed by atoms with Crippen molar-refractivity contribution in [3.63, 3.8) is 0 Å². The zero-order chi connectivity index (χ0) is 20.3. The fourth-order valence-corrected chi connectivity index (χ4v) is 4.38. The minimum atomic E-state index is -0.0652. The second-order valence-electron chi connectivity index (χ2n) is 9.32. The highest BCUT2D eigenvalue weighted by Crippen LogP contribution is 2.32. The van der Waals surface area contributed by atoms with E-state index in [1.54, 1.807) is 0 Å². The molecule has 0 spiro atoms. The van der Waals surface area contributed by atoms with Crippen molar-refractivity contribution < 1.29 is 9.59 Å². The average molecular weight is 386 g/mol. The number of anilines is 1. The van der Waals surface area contributed by atoms with E-state index in [9.17, 15) is 9.59 Å². The lowest BCUT2D eigenvalue weighted by Crippen LogP contribution is -2.53. The van der Waals surface area contributed by atoms with Crippen molar-refractivity contribution in [1.29, 1.82) is 0 Å². The molecule has 28 heavy (non-hydrogen) atoms. The van der Waals surface area contributed by atoms with Gasteiger partial charge in [-0.2, -0.15) is 0 Å². The number of hydrogen-bond acceptors (Lipinski definition) is 2. The maximum absolute atomic E-state index is 12.9. The number of nitrogens with one attached hydrogen (secondary N) is 1. The van der Waals surface area contributed by atoms with Gasteiger partial charge in [-0.15, -0.1) is 0 Å². The normalized spacial score (nSPS) is 18.9. The van der Waals surface area contributed by atoms with Gasteiger partial charge in [-0.05, 0) is 36.3 Å². The number of urea groups is 1. The number of carbonyl (C=O) groups is 2. The third-order valence-corrected chi connectivity index (χ3v) is 6.15. The Hall–Kier alpha value is -2.04. The topological polar surface area (TPSA) is 52.7 Å². The Balaban J connectivity index is 1.60. The van der Waals surface area contributed by atoms with Gasteiger partial charge in [0.25, 0.3) is 0 Å². The molecule has 5 heteroatoms. The van der Waals surface area contributed by atoms with Crippen LogP contribution >= 0.6 is 0 Å². The standard InChI is InChI=1S/C23H35N3O2/c1-17-9-8-12-19(23(2,3)4)20(17)24-22(28)26-15-13-25(14-16-26)21(27)18-10-6-5-7-11-18/h8-9,12,18H,5-7,10-11,13-16H2,1-4H3,(H,24,28). The van der Waals surface area contributed by atoms with Crippen molar-refractivity contribution in [2.45, 2.75) is 65.2 Å². The summed E-state index contributed by atoms with van der Waals surface area (Å²) < 4.78 is 0. The van der Waals surface area contributed by atoms with Crippen molar-refractivity contribution >= 4 is 17.6 Å². The molecule has 0 radical (unpaired) electrons. The van der Waals surface area contributed by atoms with E-state index in [1.807, 2.05) is 28.9 Å². The number of aryl methyl sites for hydroxylation is 1. The molecule has 1 saturated carbocycles. The second-order valence-corrected chi connectivity index (χ2v) is 9.32. The van der Waals surface area contributed by atoms with Gasteiger partial charge in [0.1, 0.15) is 0 Å². The highest BCUT2D eigenvalue weighted by atomic mass is 16.2. The van der Waals surface area contributed by atoms with Crippen molar-refractivity contribution in [1.82, 2.24) is 9.80 Å². The molecule has 3 rings (SSSR count). The lowest BCUT2D eigenvalue weighted by Gasteiger charge is -2.37. The van der Waals surface area contributed by atoms with Crippen LogP contribution in [0.15, 0.2) is 18.2 Å². The van der Waals surface area contributed by atoms with Crippen LogP contribution in [0.1, 0.15) is 64.0 Å². The zero-order valence-corrected chi connectivity index (χ0v) is 17.9. The summed E-state index contributed by atoms with van der Waals surface area (Å²) >= 11 is 0. The van der Waals surface area contributed by atoms with Gasteiger partial charge in [-0.1, -0.05) is 58.2 Å². The summed E-state index contributed by atoms with van der Waals surface area (Å²) in [5.74, 6) is 0.504. The summed E-state index contributed by atoms with van der Waals surface area (Å²) in [6.45, 7) is 11.0. The summed E-state index contributed by atoms with van der Waals surface area (Å²) in [6.07, 6.45) is 5.66. The number of hydrogen-bond donors (Lipinski definition) is 1. The SMILES string of the molecule is Cc1cccc(C(C)(C)C)c1NC(=O)N1CCN(C(=O)C2CCCCC2)CC1. The Labute approximate surface area is 169 Å². The number of para-hydroxylation sites is 1. The van der Waals surface area contributed by atoms with Gasteiger partial charge >= 0.3 is 6.03 Å². The molecule has 1 aromatic carbocycles. The van der Waals surface area contributed by atoms with E-state index in [0.29, 0.717) is 32.1 Å². The van der Waals surface area contributed by atoms with Crippen LogP contribution in [0.5, 0.6) is 0 Å². The zero-order valence-electron chi connectivity index (χ0n) is 17.9. The largest absolute Gasteiger partial charge is 0.339 e. The van der Waals surface area contributed by atoms with Crippen LogP contribution in [-0.4, -0.2) is 47.9 Å². The van der Waals surface area contributed by atoms with Crippen LogP contribution < -0.4 is 5.32 Å². The number of rotatable bonds is 2. The molecule has 1 N–H and O–H groups in total. The fraction of sp³-hybridized carbons (Fsp3) is 0.652. The molecule has 5 nitrogen and oxygen atoms in total. The van der Waals surface area contributed by atoms with Crippen LogP contribution in [-0.2, 0) is 10.2 Å². The van der Waals surface area contributed by atoms with E-state index < -0.39 is 0 Å². The number of carbonyl (C=O) groups excluding carboxylic acids is 2. The molecular weight excluding hydrogens is 350 g/mol. The molecular formula is C23H35N3O2. The summed E-state index contributed by atoms with van der Waals surface area (Å²) in [6, 6.07) is 6.10. The van der Waals surface area contributed by atoms with Crippen LogP contribution in [0.3, 0.4) is 0 Å². The number of amides is 3. The Morgan fingerprint density at radius 3 is 2.18 bits per heavy atom. The number of nitrogens with zero attached hydrogens (tertiary/aromatic N) is 2. The van der Waals surface area contributed by atoms with E-state index in [1.165, 1.54) is 19.3 Å². The Morgan fingerprint density at radius 2 is 1.57 bits per heavy atom. The molecule has 1 saturated heterocycles. The first kappa shape index (κ1) is 20.7. The maximum Gasteiger partial charge on any atom is 0.321 e. The minimum Gasteiger partial charge on any atom is -0.339 e. The molecule has 0 bridgehead atoms. The predicted octanol–water partition coefficient (Wildman–Crippen LogP) is 4.55. The monoisotopic (exact) mass is 385 g/mol. The second kappa shape index (κ2) is 8.54. The molecule has 0 atom stereocenters. The van der Waals surface area contributed by atoms with Gasteiger partial charge in [0.2, 0.25) is 5.91 Å². The third-order valence-electron chi connectivity index (χ3n) is 6.15. The summed E-state index contributed by atoms with van der Waals surface area (Å²) in [4.78, 5) is 29.4. The molecule has 0 unspecified atom stereocenters. The molecule has 3 amide bonds. The molecule has 2 aliphatic rings. The average Bonchev–Trinajstić information content (AvgIpc) is 2.69. The quantitative estimate of drug-likeness (QED) is 0.812. The first-order valence-corrected chi connectivity index (χ1v) is 10.7. The molecule has 154 valence electrons. The molecule has 1 aromatic rings. The molecule has 0 aromatic heterocycles. The summed E-state index contributed by atoms with van der Waals surface area (Å²) in [7, 11) is 0. The first-order valence-electron chi connectivity index (χ1n) is 10.7. The highest BCUT2D eigenvalue weighted by molar-refractivity contribution is 5.91. The van der Waals surface area contributed by atoms with Crippen LogP contribution in [0, 0.1) is 12.8 Å². The molecule has 1 heterocycles. The lowest BCUT2D eigenvalue weighted by molar-refractivity contribution is -0.138. The molecule has 1 aliphatic carbocycles. The van der Waals surface area contributed by atoms with Crippen molar-refractivity contribution in [2.75, 3.05) is 31.5 Å². The van der Waals surface area contributed by atoms with Crippen LogP contribution in [0.25, 0.3) is 0 Å². The number of piperazine rings is 1. The number of benzene rings is 1. The van der Waals surface area contributed by atoms with E-state index in [0.717, 1.165) is 29.7 Å².